The summed E-state index contributed by atoms with van der Waals surface area (Å²) in [6.07, 6.45) is 0.636. The van der Waals surface area contributed by atoms with E-state index in [1.807, 2.05) is 17.0 Å². The summed E-state index contributed by atoms with van der Waals surface area (Å²) in [6.45, 7) is 7.94. The molecule has 1 aromatic rings. The van der Waals surface area contributed by atoms with E-state index >= 15 is 0 Å². The molecule has 1 unspecified atom stereocenters. The molecular weight excluding hydrogens is 260 g/mol. The van der Waals surface area contributed by atoms with Crippen LogP contribution in [0, 0.1) is 11.3 Å². The molecule has 1 amide bonds. The minimum Gasteiger partial charge on any atom is -0.398 e. The van der Waals surface area contributed by atoms with Gasteiger partial charge in [-0.25, -0.2) is 0 Å². The molecule has 0 saturated carbocycles. The smallest absolute Gasteiger partial charge is 0.223 e. The molecule has 0 aliphatic carbocycles. The number of amides is 1. The summed E-state index contributed by atoms with van der Waals surface area (Å²) in [6, 6.07) is 5.45. The highest BCUT2D eigenvalue weighted by molar-refractivity contribution is 6.30. The number of nitrogens with zero attached hydrogens (tertiary/aromatic N) is 1. The third-order valence-corrected chi connectivity index (χ3v) is 4.14. The van der Waals surface area contributed by atoms with E-state index in [0.717, 1.165) is 12.1 Å². The Balaban J connectivity index is 2.10. The Hall–Kier alpha value is -1.22. The second-order valence-corrected chi connectivity index (χ2v) is 6.82. The van der Waals surface area contributed by atoms with Crippen LogP contribution in [0.3, 0.4) is 0 Å². The molecule has 0 spiro atoms. The monoisotopic (exact) mass is 280 g/mol. The topological polar surface area (TPSA) is 46.3 Å². The summed E-state index contributed by atoms with van der Waals surface area (Å²) >= 11 is 5.88. The fourth-order valence-corrected chi connectivity index (χ4v) is 2.60. The molecule has 1 aliphatic rings. The van der Waals surface area contributed by atoms with Crippen LogP contribution in [0.15, 0.2) is 18.2 Å². The van der Waals surface area contributed by atoms with Crippen LogP contribution in [0.25, 0.3) is 0 Å². The maximum atomic E-state index is 12.1. The van der Waals surface area contributed by atoms with Crippen molar-refractivity contribution in [2.75, 3.05) is 12.3 Å². The van der Waals surface area contributed by atoms with Gasteiger partial charge in [-0.1, -0.05) is 38.4 Å². The zero-order valence-electron chi connectivity index (χ0n) is 11.7. The molecule has 0 radical (unpaired) electrons. The summed E-state index contributed by atoms with van der Waals surface area (Å²) in [5.41, 5.74) is 7.72. The average Bonchev–Trinajstić information content (AvgIpc) is 2.64. The van der Waals surface area contributed by atoms with Gasteiger partial charge in [0, 0.05) is 30.2 Å². The first-order chi connectivity index (χ1) is 8.77. The number of hydrogen-bond acceptors (Lipinski definition) is 2. The van der Waals surface area contributed by atoms with E-state index in [-0.39, 0.29) is 11.3 Å². The predicted molar refractivity (Wildman–Crippen MR) is 78.8 cm³/mol. The number of nitrogen functional groups attached to an aromatic ring is 1. The number of nitrogens with two attached hydrogens (primary N) is 1. The molecule has 1 atom stereocenters. The first-order valence-corrected chi connectivity index (χ1v) is 6.97. The van der Waals surface area contributed by atoms with Crippen LogP contribution >= 0.6 is 11.6 Å². The second-order valence-electron chi connectivity index (χ2n) is 6.38. The van der Waals surface area contributed by atoms with Crippen molar-refractivity contribution in [2.24, 2.45) is 11.3 Å². The van der Waals surface area contributed by atoms with Gasteiger partial charge in [-0.05, 0) is 29.0 Å². The highest BCUT2D eigenvalue weighted by Crippen LogP contribution is 2.35. The summed E-state index contributed by atoms with van der Waals surface area (Å²) in [5, 5.41) is 0.626. The van der Waals surface area contributed by atoms with Gasteiger partial charge in [-0.2, -0.15) is 0 Å². The van der Waals surface area contributed by atoms with E-state index in [9.17, 15) is 4.79 Å². The Labute approximate surface area is 119 Å². The van der Waals surface area contributed by atoms with Crippen molar-refractivity contribution in [1.82, 2.24) is 4.90 Å². The number of anilines is 1. The summed E-state index contributed by atoms with van der Waals surface area (Å²) in [5.74, 6) is 0.628. The molecule has 1 heterocycles. The minimum atomic E-state index is 0.163. The van der Waals surface area contributed by atoms with Crippen LogP contribution in [-0.4, -0.2) is 17.4 Å². The molecule has 2 N–H and O–H groups in total. The van der Waals surface area contributed by atoms with Crippen molar-refractivity contribution in [1.29, 1.82) is 0 Å². The zero-order chi connectivity index (χ0) is 14.2. The third-order valence-electron chi connectivity index (χ3n) is 3.91. The van der Waals surface area contributed by atoms with Crippen molar-refractivity contribution in [3.05, 3.63) is 28.8 Å². The number of carbonyl (C=O) groups is 1. The van der Waals surface area contributed by atoms with Crippen molar-refractivity contribution < 1.29 is 4.79 Å². The van der Waals surface area contributed by atoms with Crippen LogP contribution in [0.4, 0.5) is 5.69 Å². The summed E-state index contributed by atoms with van der Waals surface area (Å²) in [4.78, 5) is 14.0. The summed E-state index contributed by atoms with van der Waals surface area (Å²) in [7, 11) is 0. The van der Waals surface area contributed by atoms with Gasteiger partial charge < -0.3 is 10.6 Å². The minimum absolute atomic E-state index is 0.163. The van der Waals surface area contributed by atoms with Crippen molar-refractivity contribution in [3.8, 4) is 0 Å². The molecule has 3 nitrogen and oxygen atoms in total. The fourth-order valence-electron chi connectivity index (χ4n) is 2.42. The number of likely N-dealkylation sites (tertiary alicyclic amines) is 1. The molecule has 0 aromatic heterocycles. The lowest BCUT2D eigenvalue weighted by atomic mass is 9.80. The van der Waals surface area contributed by atoms with Crippen molar-refractivity contribution in [2.45, 2.75) is 33.7 Å². The first-order valence-electron chi connectivity index (χ1n) is 6.59. The number of benzene rings is 1. The largest absolute Gasteiger partial charge is 0.398 e. The average molecular weight is 281 g/mol. The van der Waals surface area contributed by atoms with Gasteiger partial charge in [0.05, 0.1) is 0 Å². The maximum Gasteiger partial charge on any atom is 0.223 e. The predicted octanol–water partition coefficient (Wildman–Crippen LogP) is 3.32. The molecule has 4 heteroatoms. The maximum absolute atomic E-state index is 12.1. The lowest BCUT2D eigenvalue weighted by Crippen LogP contribution is -2.27. The van der Waals surface area contributed by atoms with E-state index in [1.165, 1.54) is 0 Å². The van der Waals surface area contributed by atoms with Gasteiger partial charge in [0.1, 0.15) is 0 Å². The van der Waals surface area contributed by atoms with E-state index in [1.54, 1.807) is 6.07 Å². The highest BCUT2D eigenvalue weighted by atomic mass is 35.5. The van der Waals surface area contributed by atoms with Gasteiger partial charge in [-0.3, -0.25) is 4.79 Å². The van der Waals surface area contributed by atoms with Gasteiger partial charge in [0.25, 0.3) is 0 Å². The summed E-state index contributed by atoms with van der Waals surface area (Å²) < 4.78 is 0. The van der Waals surface area contributed by atoms with E-state index in [4.69, 9.17) is 17.3 Å². The molecule has 104 valence electrons. The van der Waals surface area contributed by atoms with E-state index < -0.39 is 0 Å². The Morgan fingerprint density at radius 2 is 2.11 bits per heavy atom. The molecule has 2 rings (SSSR count). The Morgan fingerprint density at radius 3 is 2.63 bits per heavy atom. The lowest BCUT2D eigenvalue weighted by molar-refractivity contribution is -0.128. The molecule has 1 aliphatic heterocycles. The van der Waals surface area contributed by atoms with E-state index in [0.29, 0.717) is 29.6 Å². The standard InChI is InChI=1S/C15H21ClN2O/c1-15(2,3)11-6-14(19)18(9-11)8-10-4-5-12(16)7-13(10)17/h4-5,7,11H,6,8-9,17H2,1-3H3. The molecule has 1 saturated heterocycles. The number of carbonyl (C=O) groups excluding carboxylic acids is 1. The normalized spacial score (nSPS) is 20.1. The van der Waals surface area contributed by atoms with Gasteiger partial charge in [0.2, 0.25) is 5.91 Å². The number of rotatable bonds is 2. The zero-order valence-corrected chi connectivity index (χ0v) is 12.5. The molecular formula is C15H21ClN2O. The van der Waals surface area contributed by atoms with Gasteiger partial charge >= 0.3 is 0 Å². The number of hydrogen-bond donors (Lipinski definition) is 1. The lowest BCUT2D eigenvalue weighted by Gasteiger charge is -2.26. The van der Waals surface area contributed by atoms with Gasteiger partial charge in [0.15, 0.2) is 0 Å². The van der Waals surface area contributed by atoms with Crippen LogP contribution in [0.2, 0.25) is 5.02 Å². The number of halogens is 1. The van der Waals surface area contributed by atoms with Crippen LogP contribution in [0.1, 0.15) is 32.8 Å². The quantitative estimate of drug-likeness (QED) is 0.845. The first kappa shape index (κ1) is 14.2. The molecule has 19 heavy (non-hydrogen) atoms. The Bertz CT molecular complexity index is 493. The molecule has 0 bridgehead atoms. The van der Waals surface area contributed by atoms with E-state index in [2.05, 4.69) is 20.8 Å². The van der Waals surface area contributed by atoms with Crippen LogP contribution < -0.4 is 5.73 Å². The van der Waals surface area contributed by atoms with Crippen molar-refractivity contribution in [3.63, 3.8) is 0 Å². The molecule has 1 fully saturated rings. The van der Waals surface area contributed by atoms with Crippen LogP contribution in [-0.2, 0) is 11.3 Å². The fraction of sp³-hybridized carbons (Fsp3) is 0.533. The second kappa shape index (κ2) is 5.04. The highest BCUT2D eigenvalue weighted by Gasteiger charge is 2.36. The molecule has 1 aromatic carbocycles. The van der Waals surface area contributed by atoms with Gasteiger partial charge in [-0.15, -0.1) is 0 Å². The van der Waals surface area contributed by atoms with Crippen LogP contribution in [0.5, 0.6) is 0 Å². The Morgan fingerprint density at radius 1 is 1.42 bits per heavy atom. The third kappa shape index (κ3) is 3.21. The SMILES string of the molecule is CC(C)(C)C1CC(=O)N(Cc2ccc(Cl)cc2N)C1. The van der Waals surface area contributed by atoms with Crippen molar-refractivity contribution >= 4 is 23.2 Å². The Kier molecular flexibility index (Phi) is 3.77.